The van der Waals surface area contributed by atoms with Gasteiger partial charge in [0.2, 0.25) is 0 Å². The summed E-state index contributed by atoms with van der Waals surface area (Å²) in [7, 11) is 0. The van der Waals surface area contributed by atoms with Gasteiger partial charge in [-0.3, -0.25) is 0 Å². The van der Waals surface area contributed by atoms with Crippen LogP contribution in [0.2, 0.25) is 0 Å². The Morgan fingerprint density at radius 1 is 1.43 bits per heavy atom. The Morgan fingerprint density at radius 3 is 2.95 bits per heavy atom. The molecule has 1 heterocycles. The molecule has 0 saturated carbocycles. The summed E-state index contributed by atoms with van der Waals surface area (Å²) in [6, 6.07) is 4.45. The van der Waals surface area contributed by atoms with Crippen LogP contribution in [0.5, 0.6) is 0 Å². The lowest BCUT2D eigenvalue weighted by Crippen LogP contribution is -2.32. The van der Waals surface area contributed by atoms with Crippen molar-refractivity contribution in [3.05, 3.63) is 34.5 Å². The maximum Gasteiger partial charge on any atom is 0.0897 e. The van der Waals surface area contributed by atoms with Gasteiger partial charge >= 0.3 is 0 Å². The van der Waals surface area contributed by atoms with Gasteiger partial charge in [0.05, 0.1) is 19.3 Å². The van der Waals surface area contributed by atoms with E-state index in [-0.39, 0.29) is 6.04 Å². The first-order chi connectivity index (χ1) is 10.2. The van der Waals surface area contributed by atoms with E-state index in [0.29, 0.717) is 25.0 Å². The van der Waals surface area contributed by atoms with Crippen molar-refractivity contribution in [2.75, 3.05) is 19.8 Å². The molecule has 0 radical (unpaired) electrons. The quantitative estimate of drug-likeness (QED) is 0.723. The van der Waals surface area contributed by atoms with E-state index in [1.807, 2.05) is 0 Å². The summed E-state index contributed by atoms with van der Waals surface area (Å²) in [6.45, 7) is 6.13. The van der Waals surface area contributed by atoms with Crippen LogP contribution in [0.1, 0.15) is 37.6 Å². The number of allylic oxidation sites excluding steroid dienone is 2. The molecule has 2 rings (SSSR count). The second kappa shape index (κ2) is 8.69. The van der Waals surface area contributed by atoms with Crippen molar-refractivity contribution in [2.45, 2.75) is 38.8 Å². The second-order valence-electron chi connectivity index (χ2n) is 6.02. The number of thiophene rings is 1. The fourth-order valence-corrected chi connectivity index (χ4v) is 3.36. The Labute approximate surface area is 132 Å². The lowest BCUT2D eigenvalue weighted by atomic mass is 9.85. The molecule has 1 aliphatic carbocycles. The molecule has 0 aromatic carbocycles. The highest BCUT2D eigenvalue weighted by atomic mass is 32.1. The standard InChI is InChI=1S/C17H27NO2S/c1-13-6-3-4-7-15(13)11-20-12-16(19)10-18-14(2)17-8-5-9-21-17/h3-5,8-9,13-16,18-19H,6-7,10-12H2,1-2H3. The largest absolute Gasteiger partial charge is 0.389 e. The van der Waals surface area contributed by atoms with Gasteiger partial charge < -0.3 is 15.2 Å². The van der Waals surface area contributed by atoms with Crippen molar-refractivity contribution in [3.8, 4) is 0 Å². The SMILES string of the molecule is CC(NCC(O)COCC1CC=CCC1C)c1cccs1. The summed E-state index contributed by atoms with van der Waals surface area (Å²) in [4.78, 5) is 1.30. The molecular formula is C17H27NO2S. The van der Waals surface area contributed by atoms with Crippen LogP contribution in [0.25, 0.3) is 0 Å². The monoisotopic (exact) mass is 309 g/mol. The van der Waals surface area contributed by atoms with Gasteiger partial charge in [-0.2, -0.15) is 0 Å². The highest BCUT2D eigenvalue weighted by Crippen LogP contribution is 2.25. The number of ether oxygens (including phenoxy) is 1. The van der Waals surface area contributed by atoms with Crippen LogP contribution in [0.15, 0.2) is 29.7 Å². The van der Waals surface area contributed by atoms with E-state index in [1.165, 1.54) is 4.88 Å². The zero-order valence-electron chi connectivity index (χ0n) is 13.0. The van der Waals surface area contributed by atoms with Crippen molar-refractivity contribution >= 4 is 11.3 Å². The zero-order chi connectivity index (χ0) is 15.1. The fourth-order valence-electron chi connectivity index (χ4n) is 2.60. The van der Waals surface area contributed by atoms with Gasteiger partial charge in [-0.25, -0.2) is 0 Å². The van der Waals surface area contributed by atoms with Gasteiger partial charge in [-0.15, -0.1) is 11.3 Å². The van der Waals surface area contributed by atoms with Crippen LogP contribution in [0.4, 0.5) is 0 Å². The molecule has 0 fully saturated rings. The molecule has 4 unspecified atom stereocenters. The van der Waals surface area contributed by atoms with Crippen molar-refractivity contribution in [3.63, 3.8) is 0 Å². The molecule has 1 aromatic rings. The van der Waals surface area contributed by atoms with E-state index in [9.17, 15) is 5.11 Å². The van der Waals surface area contributed by atoms with Gasteiger partial charge in [-0.1, -0.05) is 25.1 Å². The van der Waals surface area contributed by atoms with E-state index in [0.717, 1.165) is 19.4 Å². The third-order valence-corrected chi connectivity index (χ3v) is 5.24. The summed E-state index contributed by atoms with van der Waals surface area (Å²) < 4.78 is 5.71. The number of aliphatic hydroxyl groups excluding tert-OH is 1. The van der Waals surface area contributed by atoms with Crippen LogP contribution in [0.3, 0.4) is 0 Å². The molecule has 118 valence electrons. The first kappa shape index (κ1) is 16.7. The van der Waals surface area contributed by atoms with Crippen LogP contribution >= 0.6 is 11.3 Å². The minimum Gasteiger partial charge on any atom is -0.389 e. The zero-order valence-corrected chi connectivity index (χ0v) is 13.8. The van der Waals surface area contributed by atoms with Crippen molar-refractivity contribution < 1.29 is 9.84 Å². The topological polar surface area (TPSA) is 41.5 Å². The molecule has 4 atom stereocenters. The Kier molecular flexibility index (Phi) is 6.90. The minimum absolute atomic E-state index is 0.281. The van der Waals surface area contributed by atoms with Crippen molar-refractivity contribution in [1.82, 2.24) is 5.32 Å². The molecule has 1 aromatic heterocycles. The number of nitrogens with one attached hydrogen (secondary N) is 1. The molecule has 1 aliphatic rings. The molecular weight excluding hydrogens is 282 g/mol. The molecule has 4 heteroatoms. The van der Waals surface area contributed by atoms with E-state index in [1.54, 1.807) is 11.3 Å². The molecule has 0 bridgehead atoms. The molecule has 0 saturated heterocycles. The predicted molar refractivity (Wildman–Crippen MR) is 88.6 cm³/mol. The molecule has 2 N–H and O–H groups in total. The second-order valence-corrected chi connectivity index (χ2v) is 7.00. The van der Waals surface area contributed by atoms with E-state index < -0.39 is 6.10 Å². The maximum absolute atomic E-state index is 9.99. The first-order valence-electron chi connectivity index (χ1n) is 7.84. The summed E-state index contributed by atoms with van der Waals surface area (Å²) in [5.41, 5.74) is 0. The Balaban J connectivity index is 1.59. The van der Waals surface area contributed by atoms with Crippen LogP contribution < -0.4 is 5.32 Å². The molecule has 0 aliphatic heterocycles. The summed E-state index contributed by atoms with van der Waals surface area (Å²) in [5.74, 6) is 1.28. The lowest BCUT2D eigenvalue weighted by Gasteiger charge is -2.25. The number of rotatable bonds is 8. The normalized spacial score (nSPS) is 24.9. The summed E-state index contributed by atoms with van der Waals surface area (Å²) in [6.07, 6.45) is 6.31. The van der Waals surface area contributed by atoms with E-state index in [2.05, 4.69) is 48.8 Å². The average Bonchev–Trinajstić information content (AvgIpc) is 3.01. The smallest absolute Gasteiger partial charge is 0.0897 e. The minimum atomic E-state index is -0.443. The summed E-state index contributed by atoms with van der Waals surface area (Å²) >= 11 is 1.74. The molecule has 0 amide bonds. The van der Waals surface area contributed by atoms with Crippen LogP contribution in [-0.4, -0.2) is 31.0 Å². The van der Waals surface area contributed by atoms with Gasteiger partial charge in [0, 0.05) is 17.5 Å². The Bertz CT molecular complexity index is 418. The highest BCUT2D eigenvalue weighted by molar-refractivity contribution is 7.10. The molecule has 3 nitrogen and oxygen atoms in total. The molecule has 21 heavy (non-hydrogen) atoms. The third kappa shape index (κ3) is 5.55. The van der Waals surface area contributed by atoms with Gasteiger partial charge in [-0.05, 0) is 43.0 Å². The summed E-state index contributed by atoms with van der Waals surface area (Å²) in [5, 5.41) is 15.4. The number of aliphatic hydroxyl groups is 1. The van der Waals surface area contributed by atoms with Gasteiger partial charge in [0.15, 0.2) is 0 Å². The highest BCUT2D eigenvalue weighted by Gasteiger charge is 2.19. The van der Waals surface area contributed by atoms with Gasteiger partial charge in [0.1, 0.15) is 0 Å². The molecule has 0 spiro atoms. The first-order valence-corrected chi connectivity index (χ1v) is 8.72. The maximum atomic E-state index is 9.99. The number of hydrogen-bond acceptors (Lipinski definition) is 4. The van der Waals surface area contributed by atoms with E-state index >= 15 is 0 Å². The van der Waals surface area contributed by atoms with Crippen LogP contribution in [0, 0.1) is 11.8 Å². The van der Waals surface area contributed by atoms with Crippen molar-refractivity contribution in [1.29, 1.82) is 0 Å². The van der Waals surface area contributed by atoms with Crippen molar-refractivity contribution in [2.24, 2.45) is 11.8 Å². The fraction of sp³-hybridized carbons (Fsp3) is 0.647. The lowest BCUT2D eigenvalue weighted by molar-refractivity contribution is 0.0121. The Morgan fingerprint density at radius 2 is 2.24 bits per heavy atom. The van der Waals surface area contributed by atoms with Gasteiger partial charge in [0.25, 0.3) is 0 Å². The Hall–Kier alpha value is -0.680. The average molecular weight is 309 g/mol. The predicted octanol–water partition coefficient (Wildman–Crippen LogP) is 3.38. The van der Waals surface area contributed by atoms with Crippen LogP contribution in [-0.2, 0) is 4.74 Å². The number of hydrogen-bond donors (Lipinski definition) is 2. The van der Waals surface area contributed by atoms with E-state index in [4.69, 9.17) is 4.74 Å². The third-order valence-electron chi connectivity index (χ3n) is 4.19.